The van der Waals surface area contributed by atoms with Gasteiger partial charge in [0.2, 0.25) is 5.91 Å². The molecular weight excluding hydrogens is 342 g/mol. The first kappa shape index (κ1) is 17.2. The number of aryl methyl sites for hydroxylation is 2. The van der Waals surface area contributed by atoms with Gasteiger partial charge >= 0.3 is 0 Å². The molecule has 6 heteroatoms. The number of halogens is 2. The van der Waals surface area contributed by atoms with Gasteiger partial charge in [-0.25, -0.2) is 13.8 Å². The molecule has 3 nitrogen and oxygen atoms in total. The Bertz CT molecular complexity index is 880. The first-order valence-electron chi connectivity index (χ1n) is 7.78. The van der Waals surface area contributed by atoms with Gasteiger partial charge in [-0.2, -0.15) is 0 Å². The molecule has 128 valence electrons. The predicted octanol–water partition coefficient (Wildman–Crippen LogP) is 5.03. The predicted molar refractivity (Wildman–Crippen MR) is 95.1 cm³/mol. The Kier molecular flexibility index (Phi) is 5.19. The summed E-state index contributed by atoms with van der Waals surface area (Å²) in [6.45, 7) is 1.87. The fourth-order valence-corrected chi connectivity index (χ4v) is 3.28. The SMILES string of the molecule is Cc1csc(N(C(=O)CCc2ccc(F)c(F)c2)c2ccccc2)n1. The zero-order valence-corrected chi connectivity index (χ0v) is 14.4. The molecule has 0 saturated carbocycles. The Hall–Kier alpha value is -2.60. The van der Waals surface area contributed by atoms with Crippen molar-refractivity contribution in [3.8, 4) is 0 Å². The van der Waals surface area contributed by atoms with E-state index in [1.54, 1.807) is 4.90 Å². The second-order valence-corrected chi connectivity index (χ2v) is 6.42. The quantitative estimate of drug-likeness (QED) is 0.641. The smallest absolute Gasteiger partial charge is 0.233 e. The highest BCUT2D eigenvalue weighted by molar-refractivity contribution is 7.14. The second kappa shape index (κ2) is 7.53. The summed E-state index contributed by atoms with van der Waals surface area (Å²) < 4.78 is 26.3. The van der Waals surface area contributed by atoms with E-state index < -0.39 is 11.6 Å². The first-order chi connectivity index (χ1) is 12.0. The van der Waals surface area contributed by atoms with Gasteiger partial charge in [0.15, 0.2) is 16.8 Å². The molecule has 0 spiro atoms. The molecule has 2 aromatic carbocycles. The molecule has 0 aliphatic carbocycles. The van der Waals surface area contributed by atoms with Crippen molar-refractivity contribution in [2.45, 2.75) is 19.8 Å². The van der Waals surface area contributed by atoms with Gasteiger partial charge in [-0.05, 0) is 43.2 Å². The summed E-state index contributed by atoms with van der Waals surface area (Å²) in [5.74, 6) is -1.94. The number of anilines is 2. The van der Waals surface area contributed by atoms with Gasteiger partial charge in [0.05, 0.1) is 11.4 Å². The fourth-order valence-electron chi connectivity index (χ4n) is 2.44. The second-order valence-electron chi connectivity index (χ2n) is 5.58. The van der Waals surface area contributed by atoms with Crippen molar-refractivity contribution in [1.82, 2.24) is 4.98 Å². The molecule has 3 rings (SSSR count). The Labute approximate surface area is 148 Å². The molecular formula is C19H16F2N2OS. The monoisotopic (exact) mass is 358 g/mol. The number of thiazole rings is 1. The van der Waals surface area contributed by atoms with E-state index in [0.717, 1.165) is 23.5 Å². The number of benzene rings is 2. The number of hydrogen-bond donors (Lipinski definition) is 0. The maximum Gasteiger partial charge on any atom is 0.233 e. The van der Waals surface area contributed by atoms with Gasteiger partial charge in [-0.15, -0.1) is 11.3 Å². The van der Waals surface area contributed by atoms with Crippen LogP contribution in [0.3, 0.4) is 0 Å². The van der Waals surface area contributed by atoms with Crippen LogP contribution in [0.1, 0.15) is 17.7 Å². The lowest BCUT2D eigenvalue weighted by atomic mass is 10.1. The molecule has 0 atom stereocenters. The molecule has 1 amide bonds. The van der Waals surface area contributed by atoms with Gasteiger partial charge < -0.3 is 0 Å². The highest BCUT2D eigenvalue weighted by atomic mass is 32.1. The van der Waals surface area contributed by atoms with E-state index >= 15 is 0 Å². The summed E-state index contributed by atoms with van der Waals surface area (Å²) in [5.41, 5.74) is 2.15. The average molecular weight is 358 g/mol. The van der Waals surface area contributed by atoms with Gasteiger partial charge in [-0.1, -0.05) is 24.3 Å². The Balaban J connectivity index is 1.81. The van der Waals surface area contributed by atoms with Crippen molar-refractivity contribution < 1.29 is 13.6 Å². The minimum atomic E-state index is -0.902. The normalized spacial score (nSPS) is 10.7. The highest BCUT2D eigenvalue weighted by Crippen LogP contribution is 2.29. The molecule has 1 aromatic heterocycles. The van der Waals surface area contributed by atoms with Crippen molar-refractivity contribution in [3.05, 3.63) is 76.8 Å². The average Bonchev–Trinajstić information content (AvgIpc) is 3.03. The zero-order chi connectivity index (χ0) is 17.8. The number of amides is 1. The lowest BCUT2D eigenvalue weighted by Gasteiger charge is -2.20. The van der Waals surface area contributed by atoms with Crippen LogP contribution in [0.25, 0.3) is 0 Å². The van der Waals surface area contributed by atoms with Gasteiger partial charge in [0, 0.05) is 11.8 Å². The number of carbonyl (C=O) groups excluding carboxylic acids is 1. The molecule has 0 aliphatic heterocycles. The zero-order valence-electron chi connectivity index (χ0n) is 13.6. The maximum atomic E-state index is 13.3. The molecule has 1 heterocycles. The molecule has 0 radical (unpaired) electrons. The highest BCUT2D eigenvalue weighted by Gasteiger charge is 2.20. The number of rotatable bonds is 5. The Morgan fingerprint density at radius 2 is 1.88 bits per heavy atom. The standard InChI is InChI=1S/C19H16F2N2OS/c1-13-12-25-19(22-13)23(15-5-3-2-4-6-15)18(24)10-8-14-7-9-16(20)17(21)11-14/h2-7,9,11-12H,8,10H2,1H3. The van der Waals surface area contributed by atoms with Crippen LogP contribution in [-0.2, 0) is 11.2 Å². The van der Waals surface area contributed by atoms with Crippen LogP contribution in [0.4, 0.5) is 19.6 Å². The fraction of sp³-hybridized carbons (Fsp3) is 0.158. The van der Waals surface area contributed by atoms with E-state index in [4.69, 9.17) is 0 Å². The van der Waals surface area contributed by atoms with E-state index in [9.17, 15) is 13.6 Å². The minimum Gasteiger partial charge on any atom is -0.274 e. The van der Waals surface area contributed by atoms with E-state index in [-0.39, 0.29) is 12.3 Å². The largest absolute Gasteiger partial charge is 0.274 e. The van der Waals surface area contributed by atoms with Crippen molar-refractivity contribution in [1.29, 1.82) is 0 Å². The van der Waals surface area contributed by atoms with E-state index in [2.05, 4.69) is 4.98 Å². The van der Waals surface area contributed by atoms with E-state index in [1.807, 2.05) is 42.6 Å². The molecule has 0 unspecified atom stereocenters. The summed E-state index contributed by atoms with van der Waals surface area (Å²) >= 11 is 1.39. The number of carbonyl (C=O) groups is 1. The molecule has 0 N–H and O–H groups in total. The van der Waals surface area contributed by atoms with Crippen LogP contribution < -0.4 is 4.90 Å². The van der Waals surface area contributed by atoms with E-state index in [0.29, 0.717) is 17.1 Å². The van der Waals surface area contributed by atoms with Crippen LogP contribution in [0.2, 0.25) is 0 Å². The topological polar surface area (TPSA) is 33.2 Å². The van der Waals surface area contributed by atoms with Crippen molar-refractivity contribution >= 4 is 28.1 Å². The van der Waals surface area contributed by atoms with Crippen LogP contribution in [-0.4, -0.2) is 10.9 Å². The lowest BCUT2D eigenvalue weighted by Crippen LogP contribution is -2.26. The van der Waals surface area contributed by atoms with Crippen LogP contribution in [0, 0.1) is 18.6 Å². The molecule has 3 aromatic rings. The maximum absolute atomic E-state index is 13.3. The van der Waals surface area contributed by atoms with Gasteiger partial charge in [0.25, 0.3) is 0 Å². The number of para-hydroxylation sites is 1. The Morgan fingerprint density at radius 1 is 1.12 bits per heavy atom. The number of aromatic nitrogens is 1. The molecule has 0 saturated heterocycles. The van der Waals surface area contributed by atoms with Crippen molar-refractivity contribution in [2.75, 3.05) is 4.90 Å². The minimum absolute atomic E-state index is 0.148. The molecule has 0 bridgehead atoms. The van der Waals surface area contributed by atoms with Crippen LogP contribution in [0.15, 0.2) is 53.9 Å². The summed E-state index contributed by atoms with van der Waals surface area (Å²) in [6.07, 6.45) is 0.488. The van der Waals surface area contributed by atoms with Crippen LogP contribution >= 0.6 is 11.3 Å². The number of hydrogen-bond acceptors (Lipinski definition) is 3. The van der Waals surface area contributed by atoms with Gasteiger partial charge in [0.1, 0.15) is 0 Å². The third-order valence-electron chi connectivity index (χ3n) is 3.67. The van der Waals surface area contributed by atoms with Crippen molar-refractivity contribution in [2.24, 2.45) is 0 Å². The first-order valence-corrected chi connectivity index (χ1v) is 8.66. The summed E-state index contributed by atoms with van der Waals surface area (Å²) in [4.78, 5) is 18.8. The van der Waals surface area contributed by atoms with Crippen LogP contribution in [0.5, 0.6) is 0 Å². The lowest BCUT2D eigenvalue weighted by molar-refractivity contribution is -0.117. The van der Waals surface area contributed by atoms with E-state index in [1.165, 1.54) is 17.4 Å². The Morgan fingerprint density at radius 3 is 2.52 bits per heavy atom. The summed E-state index contributed by atoms with van der Waals surface area (Å²) in [5, 5.41) is 2.48. The third-order valence-corrected chi connectivity index (χ3v) is 4.62. The molecule has 25 heavy (non-hydrogen) atoms. The number of nitrogens with zero attached hydrogens (tertiary/aromatic N) is 2. The molecule has 0 aliphatic rings. The summed E-state index contributed by atoms with van der Waals surface area (Å²) in [7, 11) is 0. The summed E-state index contributed by atoms with van der Waals surface area (Å²) in [6, 6.07) is 13.0. The molecule has 0 fully saturated rings. The third kappa shape index (κ3) is 4.09. The van der Waals surface area contributed by atoms with Gasteiger partial charge in [-0.3, -0.25) is 9.69 Å². The van der Waals surface area contributed by atoms with Crippen molar-refractivity contribution in [3.63, 3.8) is 0 Å².